The van der Waals surface area contributed by atoms with E-state index in [1.807, 2.05) is 6.92 Å². The molecule has 1 aliphatic rings. The third kappa shape index (κ3) is 2.07. The van der Waals surface area contributed by atoms with E-state index < -0.39 is 11.7 Å². The lowest BCUT2D eigenvalue weighted by molar-refractivity contribution is -0.138. The van der Waals surface area contributed by atoms with E-state index in [4.69, 9.17) is 5.73 Å². The van der Waals surface area contributed by atoms with Crippen LogP contribution >= 0.6 is 0 Å². The van der Waals surface area contributed by atoms with E-state index in [9.17, 15) is 13.2 Å². The highest BCUT2D eigenvalue weighted by atomic mass is 19.4. The van der Waals surface area contributed by atoms with E-state index in [2.05, 4.69) is 0 Å². The molecule has 1 aromatic carbocycles. The fraction of sp³-hybridized carbons (Fsp3) is 0.500. The molecule has 3 atom stereocenters. The van der Waals surface area contributed by atoms with Gasteiger partial charge in [-0.1, -0.05) is 18.2 Å². The van der Waals surface area contributed by atoms with Crippen molar-refractivity contribution in [3.05, 3.63) is 35.4 Å². The summed E-state index contributed by atoms with van der Waals surface area (Å²) in [6, 6.07) is 5.75. The summed E-state index contributed by atoms with van der Waals surface area (Å²) in [4.78, 5) is 0. The van der Waals surface area contributed by atoms with Crippen LogP contribution < -0.4 is 5.73 Å². The molecule has 1 aromatic rings. The van der Waals surface area contributed by atoms with Crippen molar-refractivity contribution in [2.45, 2.75) is 31.5 Å². The first-order valence-corrected chi connectivity index (χ1v) is 5.33. The molecule has 2 N–H and O–H groups in total. The minimum Gasteiger partial charge on any atom is -0.328 e. The molecule has 0 heterocycles. The summed E-state index contributed by atoms with van der Waals surface area (Å²) in [5, 5.41) is 0. The SMILES string of the molecule is C[C@H](N)[C@H]1C[C@@H]1c1ccccc1C(F)(F)F. The van der Waals surface area contributed by atoms with Crippen LogP contribution in [-0.2, 0) is 6.18 Å². The second kappa shape index (κ2) is 3.77. The zero-order valence-electron chi connectivity index (χ0n) is 8.96. The molecule has 0 spiro atoms. The molecular formula is C12H14F3N. The van der Waals surface area contributed by atoms with Crippen molar-refractivity contribution < 1.29 is 13.2 Å². The van der Waals surface area contributed by atoms with Crippen LogP contribution in [-0.4, -0.2) is 6.04 Å². The van der Waals surface area contributed by atoms with Gasteiger partial charge >= 0.3 is 6.18 Å². The van der Waals surface area contributed by atoms with Crippen molar-refractivity contribution in [3.63, 3.8) is 0 Å². The van der Waals surface area contributed by atoms with Crippen molar-refractivity contribution >= 4 is 0 Å². The zero-order chi connectivity index (χ0) is 11.9. The van der Waals surface area contributed by atoms with E-state index in [0.717, 1.165) is 12.5 Å². The Morgan fingerprint density at radius 3 is 2.44 bits per heavy atom. The number of benzene rings is 1. The molecule has 0 aliphatic heterocycles. The minimum atomic E-state index is -4.26. The molecule has 1 aliphatic carbocycles. The topological polar surface area (TPSA) is 26.0 Å². The van der Waals surface area contributed by atoms with Crippen LogP contribution in [0.1, 0.15) is 30.4 Å². The molecule has 1 nitrogen and oxygen atoms in total. The Labute approximate surface area is 92.5 Å². The monoisotopic (exact) mass is 229 g/mol. The predicted molar refractivity (Wildman–Crippen MR) is 55.9 cm³/mol. The Bertz CT molecular complexity index is 384. The van der Waals surface area contributed by atoms with Crippen molar-refractivity contribution in [2.75, 3.05) is 0 Å². The summed E-state index contributed by atoms with van der Waals surface area (Å²) >= 11 is 0. The van der Waals surface area contributed by atoms with Crippen LogP contribution in [0.15, 0.2) is 24.3 Å². The van der Waals surface area contributed by atoms with E-state index in [-0.39, 0.29) is 17.9 Å². The number of hydrogen-bond acceptors (Lipinski definition) is 1. The van der Waals surface area contributed by atoms with Crippen LogP contribution in [0.5, 0.6) is 0 Å². The molecule has 16 heavy (non-hydrogen) atoms. The molecule has 0 aromatic heterocycles. The fourth-order valence-corrected chi connectivity index (χ4v) is 2.23. The van der Waals surface area contributed by atoms with Gasteiger partial charge in [-0.15, -0.1) is 0 Å². The van der Waals surface area contributed by atoms with Gasteiger partial charge in [0, 0.05) is 6.04 Å². The quantitative estimate of drug-likeness (QED) is 0.828. The van der Waals surface area contributed by atoms with Gasteiger partial charge in [-0.3, -0.25) is 0 Å². The summed E-state index contributed by atoms with van der Waals surface area (Å²) < 4.78 is 38.2. The largest absolute Gasteiger partial charge is 0.416 e. The molecule has 0 radical (unpaired) electrons. The minimum absolute atomic E-state index is 0.0159. The summed E-state index contributed by atoms with van der Waals surface area (Å²) in [6.45, 7) is 1.85. The lowest BCUT2D eigenvalue weighted by atomic mass is 10.0. The van der Waals surface area contributed by atoms with E-state index in [0.29, 0.717) is 5.56 Å². The van der Waals surface area contributed by atoms with E-state index in [1.54, 1.807) is 12.1 Å². The molecule has 4 heteroatoms. The Kier molecular flexibility index (Phi) is 2.70. The van der Waals surface area contributed by atoms with Crippen LogP contribution in [0, 0.1) is 5.92 Å². The standard InChI is InChI=1S/C12H14F3N/c1-7(16)9-6-10(9)8-4-2-3-5-11(8)12(13,14)15/h2-5,7,9-10H,6,16H2,1H3/t7-,9+,10+/m0/s1. The van der Waals surface area contributed by atoms with Crippen molar-refractivity contribution in [3.8, 4) is 0 Å². The van der Waals surface area contributed by atoms with Crippen molar-refractivity contribution in [1.29, 1.82) is 0 Å². The highest BCUT2D eigenvalue weighted by molar-refractivity contribution is 5.36. The fourth-order valence-electron chi connectivity index (χ4n) is 2.23. The van der Waals surface area contributed by atoms with Gasteiger partial charge in [-0.2, -0.15) is 13.2 Å². The van der Waals surface area contributed by atoms with Crippen molar-refractivity contribution in [2.24, 2.45) is 11.7 Å². The average molecular weight is 229 g/mol. The Hall–Kier alpha value is -1.03. The van der Waals surface area contributed by atoms with Gasteiger partial charge in [0.15, 0.2) is 0 Å². The maximum Gasteiger partial charge on any atom is 0.416 e. The lowest BCUT2D eigenvalue weighted by Crippen LogP contribution is -2.18. The summed E-state index contributed by atoms with van der Waals surface area (Å²) in [7, 11) is 0. The Balaban J connectivity index is 2.29. The summed E-state index contributed by atoms with van der Waals surface area (Å²) in [5.74, 6) is 0.182. The highest BCUT2D eigenvalue weighted by Crippen LogP contribution is 2.51. The van der Waals surface area contributed by atoms with Gasteiger partial charge < -0.3 is 5.73 Å². The van der Waals surface area contributed by atoms with Gasteiger partial charge in [0.2, 0.25) is 0 Å². The zero-order valence-corrected chi connectivity index (χ0v) is 8.96. The Morgan fingerprint density at radius 1 is 1.31 bits per heavy atom. The van der Waals surface area contributed by atoms with Gasteiger partial charge in [0.1, 0.15) is 0 Å². The molecule has 1 saturated carbocycles. The van der Waals surface area contributed by atoms with Gasteiger partial charge in [0.25, 0.3) is 0 Å². The second-order valence-electron chi connectivity index (χ2n) is 4.45. The van der Waals surface area contributed by atoms with E-state index >= 15 is 0 Å². The third-order valence-corrected chi connectivity index (χ3v) is 3.18. The first-order chi connectivity index (χ1) is 7.41. The first kappa shape index (κ1) is 11.5. The first-order valence-electron chi connectivity index (χ1n) is 5.33. The van der Waals surface area contributed by atoms with Gasteiger partial charge in [0.05, 0.1) is 5.56 Å². The van der Waals surface area contributed by atoms with Crippen LogP contribution in [0.4, 0.5) is 13.2 Å². The number of nitrogens with two attached hydrogens (primary N) is 1. The molecular weight excluding hydrogens is 215 g/mol. The third-order valence-electron chi connectivity index (χ3n) is 3.18. The van der Waals surface area contributed by atoms with Gasteiger partial charge in [-0.05, 0) is 36.8 Å². The van der Waals surface area contributed by atoms with Crippen molar-refractivity contribution in [1.82, 2.24) is 0 Å². The highest BCUT2D eigenvalue weighted by Gasteiger charge is 2.45. The molecule has 0 unspecified atom stereocenters. The lowest BCUT2D eigenvalue weighted by Gasteiger charge is -2.13. The summed E-state index contributed by atoms with van der Waals surface area (Å²) in [5.41, 5.74) is 5.59. The summed E-state index contributed by atoms with van der Waals surface area (Å²) in [6.07, 6.45) is -3.49. The molecule has 0 amide bonds. The second-order valence-corrected chi connectivity index (χ2v) is 4.45. The normalized spacial score (nSPS) is 26.6. The Morgan fingerprint density at radius 2 is 1.94 bits per heavy atom. The molecule has 88 valence electrons. The number of rotatable bonds is 2. The smallest absolute Gasteiger partial charge is 0.328 e. The van der Waals surface area contributed by atoms with E-state index in [1.165, 1.54) is 6.07 Å². The van der Waals surface area contributed by atoms with Crippen LogP contribution in [0.2, 0.25) is 0 Å². The van der Waals surface area contributed by atoms with Crippen LogP contribution in [0.25, 0.3) is 0 Å². The number of halogens is 3. The maximum absolute atomic E-state index is 12.7. The number of alkyl halides is 3. The molecule has 2 rings (SSSR count). The van der Waals surface area contributed by atoms with Crippen LogP contribution in [0.3, 0.4) is 0 Å². The van der Waals surface area contributed by atoms with Gasteiger partial charge in [-0.25, -0.2) is 0 Å². The molecule has 0 bridgehead atoms. The predicted octanol–water partition coefficient (Wildman–Crippen LogP) is 3.16. The maximum atomic E-state index is 12.7. The molecule has 0 saturated heterocycles. The average Bonchev–Trinajstić information content (AvgIpc) is 2.95. The molecule has 1 fully saturated rings. The number of hydrogen-bond donors (Lipinski definition) is 1.